The van der Waals surface area contributed by atoms with Gasteiger partial charge in [-0.1, -0.05) is 98.9 Å². The number of carbonyl (C=O) groups excluding carboxylic acids is 1. The summed E-state index contributed by atoms with van der Waals surface area (Å²) in [6, 6.07) is -1.15. The molecule has 0 aliphatic carbocycles. The van der Waals surface area contributed by atoms with Gasteiger partial charge in [0.1, 0.15) is 18.1 Å². The van der Waals surface area contributed by atoms with Gasteiger partial charge < -0.3 is 80.9 Å². The first-order valence-corrected chi connectivity index (χ1v) is 22.3. The monoisotopic (exact) mass is 923 g/mol. The third kappa shape index (κ3) is 18.6. The predicted octanol–water partition coefficient (Wildman–Crippen LogP) is 0.712. The van der Waals surface area contributed by atoms with Gasteiger partial charge in [-0.2, -0.15) is 0 Å². The molecule has 368 valence electrons. The Hall–Kier alpha value is -3.44. The summed E-state index contributed by atoms with van der Waals surface area (Å²) in [5.41, 5.74) is 6.02. The molecule has 18 heteroatoms. The van der Waals surface area contributed by atoms with E-state index in [0.717, 1.165) is 0 Å². The topological polar surface area (TPSA) is 320 Å². The number of hydrogen-bond acceptors (Lipinski definition) is 17. The quantitative estimate of drug-likeness (QED) is 0.174. The van der Waals surface area contributed by atoms with E-state index in [1.54, 1.807) is 80.7 Å². The van der Waals surface area contributed by atoms with Crippen LogP contribution in [0, 0.1) is 17.8 Å². The maximum Gasteiger partial charge on any atom is 0.311 e. The molecule has 0 aromatic heterocycles. The van der Waals surface area contributed by atoms with Crippen LogP contribution in [-0.2, 0) is 28.5 Å². The number of ether oxygens (including phenoxy) is 4. The lowest BCUT2D eigenvalue weighted by molar-refractivity contribution is -0.308. The Kier molecular flexibility index (Phi) is 23.6. The molecule has 2 saturated heterocycles. The summed E-state index contributed by atoms with van der Waals surface area (Å²) in [6.45, 7) is 6.74. The smallest absolute Gasteiger partial charge is 0.311 e. The normalized spacial score (nSPS) is 42.0. The van der Waals surface area contributed by atoms with Crippen LogP contribution in [0.4, 0.5) is 0 Å². The second-order valence-corrected chi connectivity index (χ2v) is 17.6. The number of hydrogen-bond donors (Lipinski definition) is 12. The number of allylic oxidation sites excluding steroid dienone is 12. The van der Waals surface area contributed by atoms with Crippen molar-refractivity contribution in [2.75, 3.05) is 0 Å². The van der Waals surface area contributed by atoms with Crippen LogP contribution >= 0.6 is 0 Å². The van der Waals surface area contributed by atoms with Gasteiger partial charge in [0.25, 0.3) is 0 Å². The summed E-state index contributed by atoms with van der Waals surface area (Å²) in [4.78, 5) is 25.1. The van der Waals surface area contributed by atoms with Gasteiger partial charge in [0.2, 0.25) is 0 Å². The van der Waals surface area contributed by atoms with E-state index in [0.29, 0.717) is 0 Å². The highest BCUT2D eigenvalue weighted by Crippen LogP contribution is 2.38. The second kappa shape index (κ2) is 27.4. The Bertz CT molecular complexity index is 1670. The molecule has 2 bridgehead atoms. The highest BCUT2D eigenvalue weighted by atomic mass is 16.7. The molecular formula is C47H73NO17. The maximum atomic E-state index is 12.6. The molecule has 0 aromatic carbocycles. The van der Waals surface area contributed by atoms with Crippen molar-refractivity contribution in [1.82, 2.24) is 0 Å². The van der Waals surface area contributed by atoms with Gasteiger partial charge >= 0.3 is 11.9 Å². The van der Waals surface area contributed by atoms with Crippen molar-refractivity contribution >= 4 is 11.9 Å². The summed E-state index contributed by atoms with van der Waals surface area (Å²) >= 11 is 0. The molecule has 19 atom stereocenters. The van der Waals surface area contributed by atoms with Gasteiger partial charge in [0.15, 0.2) is 12.1 Å². The fourth-order valence-electron chi connectivity index (χ4n) is 7.97. The van der Waals surface area contributed by atoms with Crippen molar-refractivity contribution in [1.29, 1.82) is 0 Å². The van der Waals surface area contributed by atoms with Crippen molar-refractivity contribution in [2.24, 2.45) is 23.5 Å². The molecule has 3 aliphatic rings. The molecular weight excluding hydrogens is 851 g/mol. The standard InChI is InChI=1S/C47H73NO17/c1-27-17-15-13-11-9-7-5-6-8-10-12-14-16-18-34(64-46-44(58)41(48)43(57)30(4)63-46)24-38-40(45(59)60)37(54)26-47(61,65-38)25-33(51)22-36(53)35(52)20-19-31(49)21-32(50)23-39(55)62-29(3)28(2)42(27)56/h5-18,27-38,40-44,46,49-54,56-58,61H,19-26,48H2,1-4H3,(H,59,60)/t27-,28-,29-,30?,31?,32?,33?,34-,35?,36?,37-,38?,40?,41+,42+,43?,44?,46?,47+/m0/s1. The lowest BCUT2D eigenvalue weighted by Crippen LogP contribution is -2.61. The minimum atomic E-state index is -2.33. The number of cyclic esters (lactones) is 1. The molecule has 2 fully saturated rings. The second-order valence-electron chi connectivity index (χ2n) is 17.6. The van der Waals surface area contributed by atoms with E-state index in [9.17, 15) is 65.8 Å². The first-order chi connectivity index (χ1) is 30.6. The number of rotatable bonds is 3. The van der Waals surface area contributed by atoms with Crippen molar-refractivity contribution in [2.45, 2.75) is 177 Å². The van der Waals surface area contributed by atoms with Gasteiger partial charge in [-0.25, -0.2) is 0 Å². The highest BCUT2D eigenvalue weighted by molar-refractivity contribution is 5.71. The molecule has 0 radical (unpaired) electrons. The zero-order valence-electron chi connectivity index (χ0n) is 37.6. The molecule has 3 heterocycles. The van der Waals surface area contributed by atoms with E-state index in [2.05, 4.69) is 0 Å². The Morgan fingerprint density at radius 1 is 0.662 bits per heavy atom. The average molecular weight is 924 g/mol. The lowest BCUT2D eigenvalue weighted by Gasteiger charge is -2.45. The van der Waals surface area contributed by atoms with Gasteiger partial charge in [-0.05, 0) is 33.1 Å². The van der Waals surface area contributed by atoms with Crippen molar-refractivity contribution in [3.8, 4) is 0 Å². The van der Waals surface area contributed by atoms with Gasteiger partial charge in [-0.15, -0.1) is 0 Å². The third-order valence-corrected chi connectivity index (χ3v) is 12.0. The first kappa shape index (κ1) is 55.9. The number of fused-ring (bicyclic) bond motifs is 2. The molecule has 0 saturated carbocycles. The Balaban J connectivity index is 1.86. The number of esters is 1. The minimum absolute atomic E-state index is 0.107. The summed E-state index contributed by atoms with van der Waals surface area (Å²) in [7, 11) is 0. The largest absolute Gasteiger partial charge is 0.481 e. The molecule has 18 nitrogen and oxygen atoms in total. The van der Waals surface area contributed by atoms with Gasteiger partial charge in [-0.3, -0.25) is 9.59 Å². The number of aliphatic hydroxyl groups excluding tert-OH is 9. The van der Waals surface area contributed by atoms with E-state index < -0.39 is 147 Å². The molecule has 0 spiro atoms. The van der Waals surface area contributed by atoms with E-state index >= 15 is 0 Å². The van der Waals surface area contributed by atoms with Crippen LogP contribution in [-0.4, -0.2) is 166 Å². The third-order valence-electron chi connectivity index (χ3n) is 12.0. The zero-order chi connectivity index (χ0) is 48.4. The highest BCUT2D eigenvalue weighted by Gasteiger charge is 2.51. The molecule has 0 aromatic rings. The number of carboxylic acids is 1. The van der Waals surface area contributed by atoms with Crippen molar-refractivity contribution in [3.63, 3.8) is 0 Å². The first-order valence-electron chi connectivity index (χ1n) is 22.3. The van der Waals surface area contributed by atoms with Crippen LogP contribution in [0.5, 0.6) is 0 Å². The molecule has 65 heavy (non-hydrogen) atoms. The zero-order valence-corrected chi connectivity index (χ0v) is 37.6. The predicted molar refractivity (Wildman–Crippen MR) is 237 cm³/mol. The van der Waals surface area contributed by atoms with Crippen LogP contribution in [0.25, 0.3) is 0 Å². The fourth-order valence-corrected chi connectivity index (χ4v) is 7.97. The lowest BCUT2D eigenvalue weighted by atomic mass is 9.82. The molecule has 0 amide bonds. The van der Waals surface area contributed by atoms with E-state index in [4.69, 9.17) is 24.7 Å². The Morgan fingerprint density at radius 2 is 1.23 bits per heavy atom. The molecule has 3 rings (SSSR count). The SMILES string of the molecule is CC1OC(O[C@H]2C=CC=CC=CC=CC=CC=CC=C[C@H](C)[C@@H](O)[C@@H](C)[C@H](C)OC(=O)CC(O)CC(O)CCC(O)C(O)CC(O)C[C@]3(O)C[C@H](O)C(C(=O)O)C(C2)O3)C(O)[C@H](N)C1O. The van der Waals surface area contributed by atoms with Crippen LogP contribution in [0.1, 0.15) is 79.1 Å². The molecule has 3 aliphatic heterocycles. The van der Waals surface area contributed by atoms with Crippen LogP contribution in [0.2, 0.25) is 0 Å². The molecule has 13 N–H and O–H groups in total. The molecule has 11 unspecified atom stereocenters. The van der Waals surface area contributed by atoms with Gasteiger partial charge in [0, 0.05) is 37.5 Å². The summed E-state index contributed by atoms with van der Waals surface area (Å²) in [5, 5.41) is 118. The number of aliphatic carboxylic acids is 1. The van der Waals surface area contributed by atoms with E-state index in [-0.39, 0.29) is 31.6 Å². The van der Waals surface area contributed by atoms with Crippen LogP contribution in [0.15, 0.2) is 85.1 Å². The maximum absolute atomic E-state index is 12.6. The number of aliphatic hydroxyl groups is 10. The van der Waals surface area contributed by atoms with Crippen molar-refractivity contribution < 1.29 is 84.7 Å². The Morgan fingerprint density at radius 3 is 1.82 bits per heavy atom. The van der Waals surface area contributed by atoms with E-state index in [1.807, 2.05) is 19.1 Å². The van der Waals surface area contributed by atoms with Gasteiger partial charge in [0.05, 0.1) is 79.6 Å². The van der Waals surface area contributed by atoms with Crippen LogP contribution in [0.3, 0.4) is 0 Å². The number of carboxylic acid groups (broad SMARTS) is 1. The fraction of sp³-hybridized carbons (Fsp3) is 0.660. The Labute approximate surface area is 381 Å². The minimum Gasteiger partial charge on any atom is -0.481 e. The number of carbonyl (C=O) groups is 2. The van der Waals surface area contributed by atoms with Crippen LogP contribution < -0.4 is 5.73 Å². The number of nitrogens with two attached hydrogens (primary N) is 1. The van der Waals surface area contributed by atoms with E-state index in [1.165, 1.54) is 13.0 Å². The summed E-state index contributed by atoms with van der Waals surface area (Å²) < 4.78 is 23.1. The summed E-state index contributed by atoms with van der Waals surface area (Å²) in [6.07, 6.45) is 3.46. The average Bonchev–Trinajstić information content (AvgIpc) is 3.21. The summed E-state index contributed by atoms with van der Waals surface area (Å²) in [5.74, 6) is -6.83. The van der Waals surface area contributed by atoms with Crippen molar-refractivity contribution in [3.05, 3.63) is 85.1 Å².